The molecular weight excluding hydrogens is 597 g/mol. The van der Waals surface area contributed by atoms with Crippen LogP contribution in [-0.4, -0.2) is 50.9 Å². The van der Waals surface area contributed by atoms with Gasteiger partial charge in [0.2, 0.25) is 11.8 Å². The first-order chi connectivity index (χ1) is 20.1. The number of ether oxygens (including phenoxy) is 1. The summed E-state index contributed by atoms with van der Waals surface area (Å²) >= 11 is 12.9. The highest BCUT2D eigenvalue weighted by Gasteiger charge is 2.34. The maximum atomic E-state index is 14.1. The molecule has 0 spiro atoms. The minimum atomic E-state index is -4.19. The third kappa shape index (κ3) is 7.56. The Kier molecular flexibility index (Phi) is 10.8. The molecule has 0 saturated heterocycles. The smallest absolute Gasteiger partial charge is 0.264 e. The number of carbonyl (C=O) groups is 2. The van der Waals surface area contributed by atoms with Crippen molar-refractivity contribution >= 4 is 50.7 Å². The van der Waals surface area contributed by atoms with Crippen molar-refractivity contribution in [3.05, 3.63) is 88.4 Å². The molecule has 0 aromatic heterocycles. The number of methoxy groups -OCH3 is 1. The van der Waals surface area contributed by atoms with E-state index in [4.69, 9.17) is 27.9 Å². The lowest BCUT2D eigenvalue weighted by atomic mass is 9.95. The van der Waals surface area contributed by atoms with Gasteiger partial charge in [-0.25, -0.2) is 8.42 Å². The number of benzene rings is 3. The van der Waals surface area contributed by atoms with E-state index in [0.717, 1.165) is 36.4 Å². The molecule has 1 aliphatic carbocycles. The van der Waals surface area contributed by atoms with Crippen LogP contribution >= 0.6 is 23.2 Å². The zero-order valence-corrected chi connectivity index (χ0v) is 26.0. The van der Waals surface area contributed by atoms with E-state index in [1.165, 1.54) is 24.1 Å². The minimum Gasteiger partial charge on any atom is -0.497 e. The molecule has 8 nitrogen and oxygen atoms in total. The van der Waals surface area contributed by atoms with Gasteiger partial charge in [0, 0.05) is 34.3 Å². The predicted octanol–water partition coefficient (Wildman–Crippen LogP) is 6.06. The maximum absolute atomic E-state index is 14.1. The third-order valence-electron chi connectivity index (χ3n) is 7.46. The molecule has 2 amide bonds. The first-order valence-electron chi connectivity index (χ1n) is 13.9. The molecule has 1 atom stereocenters. The van der Waals surface area contributed by atoms with E-state index < -0.39 is 28.5 Å². The Morgan fingerprint density at radius 3 is 2.24 bits per heavy atom. The largest absolute Gasteiger partial charge is 0.497 e. The van der Waals surface area contributed by atoms with Crippen LogP contribution in [0.15, 0.2) is 77.7 Å². The topological polar surface area (TPSA) is 96.0 Å². The quantitative estimate of drug-likeness (QED) is 0.277. The average molecular weight is 633 g/mol. The van der Waals surface area contributed by atoms with E-state index in [0.29, 0.717) is 21.4 Å². The first-order valence-corrected chi connectivity index (χ1v) is 16.1. The number of carbonyl (C=O) groups excluding carboxylic acids is 2. The van der Waals surface area contributed by atoms with Crippen LogP contribution in [0.25, 0.3) is 0 Å². The number of nitrogens with one attached hydrogen (secondary N) is 1. The van der Waals surface area contributed by atoms with E-state index in [1.54, 1.807) is 67.6 Å². The highest BCUT2D eigenvalue weighted by Crippen LogP contribution is 2.30. The molecule has 1 saturated carbocycles. The van der Waals surface area contributed by atoms with Crippen LogP contribution in [0.5, 0.6) is 5.75 Å². The fourth-order valence-electron chi connectivity index (χ4n) is 5.02. The predicted molar refractivity (Wildman–Crippen MR) is 165 cm³/mol. The Hall–Kier alpha value is -3.27. The molecule has 4 rings (SSSR count). The molecule has 0 radical (unpaired) electrons. The molecule has 224 valence electrons. The lowest BCUT2D eigenvalue weighted by Crippen LogP contribution is -2.53. The number of anilines is 1. The monoisotopic (exact) mass is 631 g/mol. The zero-order chi connectivity index (χ0) is 30.3. The van der Waals surface area contributed by atoms with E-state index in [1.807, 2.05) is 0 Å². The van der Waals surface area contributed by atoms with Gasteiger partial charge in [-0.2, -0.15) is 0 Å². The average Bonchev–Trinajstić information content (AvgIpc) is 3.00. The van der Waals surface area contributed by atoms with Crippen molar-refractivity contribution in [3.63, 3.8) is 0 Å². The SMILES string of the molecule is COc1cccc(N(CC(=O)N(Cc2c(Cl)cccc2Cl)[C@H](C)C(=O)NC2CCCCC2)S(=O)(=O)c2ccccc2)c1. The molecule has 1 aliphatic rings. The van der Waals surface area contributed by atoms with Gasteiger partial charge in [0.15, 0.2) is 0 Å². The molecule has 0 heterocycles. The van der Waals surface area contributed by atoms with Crippen LogP contribution in [0.3, 0.4) is 0 Å². The Bertz CT molecular complexity index is 1480. The van der Waals surface area contributed by atoms with Crippen LogP contribution < -0.4 is 14.4 Å². The Morgan fingerprint density at radius 1 is 0.952 bits per heavy atom. The zero-order valence-electron chi connectivity index (χ0n) is 23.6. The van der Waals surface area contributed by atoms with Gasteiger partial charge in [0.1, 0.15) is 18.3 Å². The molecule has 3 aromatic rings. The second-order valence-electron chi connectivity index (χ2n) is 10.3. The van der Waals surface area contributed by atoms with E-state index >= 15 is 0 Å². The third-order valence-corrected chi connectivity index (χ3v) is 9.96. The molecule has 1 N–H and O–H groups in total. The van der Waals surface area contributed by atoms with Crippen molar-refractivity contribution in [2.45, 2.75) is 62.6 Å². The lowest BCUT2D eigenvalue weighted by molar-refractivity contribution is -0.139. The van der Waals surface area contributed by atoms with Gasteiger partial charge < -0.3 is 15.0 Å². The number of halogens is 2. The van der Waals surface area contributed by atoms with Crippen molar-refractivity contribution < 1.29 is 22.7 Å². The van der Waals surface area contributed by atoms with Gasteiger partial charge >= 0.3 is 0 Å². The molecular formula is C31H35Cl2N3O5S. The van der Waals surface area contributed by atoms with Crippen molar-refractivity contribution in [1.82, 2.24) is 10.2 Å². The summed E-state index contributed by atoms with van der Waals surface area (Å²) in [6.07, 6.45) is 4.95. The van der Waals surface area contributed by atoms with Gasteiger partial charge in [0.25, 0.3) is 10.0 Å². The normalized spacial score (nSPS) is 14.6. The van der Waals surface area contributed by atoms with Crippen molar-refractivity contribution in [2.24, 2.45) is 0 Å². The second kappa shape index (κ2) is 14.3. The summed E-state index contributed by atoms with van der Waals surface area (Å²) in [5, 5.41) is 3.75. The number of amides is 2. The fourth-order valence-corrected chi connectivity index (χ4v) is 6.96. The summed E-state index contributed by atoms with van der Waals surface area (Å²) in [5.41, 5.74) is 0.701. The van der Waals surface area contributed by atoms with Gasteiger partial charge in [-0.3, -0.25) is 13.9 Å². The number of sulfonamides is 1. The summed E-state index contributed by atoms with van der Waals surface area (Å²) in [6, 6.07) is 18.4. The summed E-state index contributed by atoms with van der Waals surface area (Å²) in [4.78, 5) is 29.0. The van der Waals surface area contributed by atoms with Gasteiger partial charge in [0.05, 0.1) is 17.7 Å². The molecule has 11 heteroatoms. The summed E-state index contributed by atoms with van der Waals surface area (Å²) in [5.74, 6) is -0.495. The van der Waals surface area contributed by atoms with E-state index in [-0.39, 0.29) is 29.1 Å². The first kappa shape index (κ1) is 31.7. The van der Waals surface area contributed by atoms with Gasteiger partial charge in [-0.15, -0.1) is 0 Å². The Morgan fingerprint density at radius 2 is 1.60 bits per heavy atom. The summed E-state index contributed by atoms with van der Waals surface area (Å²) in [7, 11) is -2.71. The van der Waals surface area contributed by atoms with E-state index in [2.05, 4.69) is 5.32 Å². The highest BCUT2D eigenvalue weighted by molar-refractivity contribution is 7.92. The number of nitrogens with zero attached hydrogens (tertiary/aromatic N) is 2. The minimum absolute atomic E-state index is 0.0180. The van der Waals surface area contributed by atoms with Crippen LogP contribution in [0.1, 0.15) is 44.6 Å². The van der Waals surface area contributed by atoms with Crippen LogP contribution in [0.2, 0.25) is 10.0 Å². The van der Waals surface area contributed by atoms with Crippen molar-refractivity contribution in [3.8, 4) is 5.75 Å². The lowest BCUT2D eigenvalue weighted by Gasteiger charge is -2.33. The molecule has 1 fully saturated rings. The Balaban J connectivity index is 1.71. The molecule has 3 aromatic carbocycles. The highest BCUT2D eigenvalue weighted by atomic mass is 35.5. The van der Waals surface area contributed by atoms with Crippen molar-refractivity contribution in [1.29, 1.82) is 0 Å². The fraction of sp³-hybridized carbons (Fsp3) is 0.355. The maximum Gasteiger partial charge on any atom is 0.264 e. The van der Waals surface area contributed by atoms with Crippen LogP contribution in [-0.2, 0) is 26.2 Å². The van der Waals surface area contributed by atoms with Crippen LogP contribution in [0.4, 0.5) is 5.69 Å². The Labute approximate surface area is 257 Å². The number of hydrogen-bond acceptors (Lipinski definition) is 5. The van der Waals surface area contributed by atoms with Gasteiger partial charge in [-0.05, 0) is 56.2 Å². The molecule has 0 unspecified atom stereocenters. The standard InChI is InChI=1S/C31H35Cl2N3O5S/c1-22(31(38)34-23-11-5-3-6-12-23)35(20-27-28(32)17-10-18-29(27)33)30(37)21-36(24-13-9-14-25(19-24)41-2)42(39,40)26-15-7-4-8-16-26/h4,7-10,13-19,22-23H,3,5-6,11-12,20-21H2,1-2H3,(H,34,38)/t22-/m1/s1. The molecule has 42 heavy (non-hydrogen) atoms. The summed E-state index contributed by atoms with van der Waals surface area (Å²) < 4.78 is 34.2. The van der Waals surface area contributed by atoms with Crippen molar-refractivity contribution in [2.75, 3.05) is 18.0 Å². The molecule has 0 aliphatic heterocycles. The number of hydrogen-bond donors (Lipinski definition) is 1. The van der Waals surface area contributed by atoms with Gasteiger partial charge in [-0.1, -0.05) is 72.8 Å². The molecule has 0 bridgehead atoms. The second-order valence-corrected chi connectivity index (χ2v) is 12.9. The number of rotatable bonds is 11. The van der Waals surface area contributed by atoms with E-state index in [9.17, 15) is 18.0 Å². The van der Waals surface area contributed by atoms with Crippen LogP contribution in [0, 0.1) is 0 Å². The summed E-state index contributed by atoms with van der Waals surface area (Å²) in [6.45, 7) is 0.962.